The largest absolute Gasteiger partial charge is 0.458 e. The van der Waals surface area contributed by atoms with Gasteiger partial charge in [0.05, 0.1) is 11.1 Å². The maximum absolute atomic E-state index is 6.66. The van der Waals surface area contributed by atoms with E-state index in [1.165, 1.54) is 0 Å². The summed E-state index contributed by atoms with van der Waals surface area (Å²) in [5.74, 6) is 1.63. The summed E-state index contributed by atoms with van der Waals surface area (Å²) in [5.41, 5.74) is 6.20. The van der Waals surface area contributed by atoms with E-state index in [0.29, 0.717) is 0 Å². The van der Waals surface area contributed by atoms with Gasteiger partial charge in [-0.25, -0.2) is 0 Å². The Labute approximate surface area is 204 Å². The molecule has 4 heterocycles. The summed E-state index contributed by atoms with van der Waals surface area (Å²) < 4.78 is 13.3. The zero-order chi connectivity index (χ0) is 23.4. The molecule has 9 rings (SSSR count). The van der Waals surface area contributed by atoms with Crippen LogP contribution in [0.5, 0.6) is 0 Å². The Balaban J connectivity index is 1.58. The molecule has 2 aliphatic rings. The SMILES string of the molecule is c1ccc2c(c1)=NC1(c3cc4ccccc4o3)C=2c2c([nH]c3ccccc23)-c2oc3ccccc3c21. The van der Waals surface area contributed by atoms with Crippen molar-refractivity contribution in [1.29, 1.82) is 0 Å². The molecule has 3 aromatic heterocycles. The Kier molecular flexibility index (Phi) is 3.20. The molecule has 0 spiro atoms. The van der Waals surface area contributed by atoms with Crippen molar-refractivity contribution in [2.24, 2.45) is 4.99 Å². The van der Waals surface area contributed by atoms with Gasteiger partial charge in [0.25, 0.3) is 0 Å². The number of rotatable bonds is 1. The van der Waals surface area contributed by atoms with E-state index in [4.69, 9.17) is 13.8 Å². The zero-order valence-corrected chi connectivity index (χ0v) is 19.1. The van der Waals surface area contributed by atoms with Crippen LogP contribution < -0.4 is 10.6 Å². The lowest BCUT2D eigenvalue weighted by molar-refractivity contribution is 0.474. The fourth-order valence-corrected chi connectivity index (χ4v) is 6.32. The number of fused-ring (bicyclic) bond motifs is 12. The van der Waals surface area contributed by atoms with Crippen molar-refractivity contribution >= 4 is 38.4 Å². The minimum Gasteiger partial charge on any atom is -0.458 e. The smallest absolute Gasteiger partial charge is 0.174 e. The standard InChI is InChI=1S/C32H18N2O2/c1-7-15-24-18(9-1)17-26(35-24)32-28(20-11-3-6-14-23(20)34-32)27-19-10-2-5-13-22(19)33-30(27)31-29(32)21-12-4-8-16-25(21)36-31/h1-17,33H. The molecular formula is C32H18N2O2. The third kappa shape index (κ3) is 2.05. The van der Waals surface area contributed by atoms with Crippen LogP contribution in [0.15, 0.2) is 117 Å². The lowest BCUT2D eigenvalue weighted by Gasteiger charge is -2.32. The van der Waals surface area contributed by atoms with Crippen LogP contribution in [0, 0.1) is 0 Å². The predicted molar refractivity (Wildman–Crippen MR) is 140 cm³/mol. The summed E-state index contributed by atoms with van der Waals surface area (Å²) in [6, 6.07) is 35.4. The van der Waals surface area contributed by atoms with E-state index in [-0.39, 0.29) is 0 Å². The molecule has 4 heteroatoms. The Morgan fingerprint density at radius 3 is 2.36 bits per heavy atom. The van der Waals surface area contributed by atoms with E-state index in [2.05, 4.69) is 77.8 Å². The molecule has 0 amide bonds. The van der Waals surface area contributed by atoms with Gasteiger partial charge in [0.2, 0.25) is 0 Å². The summed E-state index contributed by atoms with van der Waals surface area (Å²) in [6.45, 7) is 0. The van der Waals surface area contributed by atoms with Crippen LogP contribution in [-0.4, -0.2) is 4.98 Å². The van der Waals surface area contributed by atoms with E-state index in [1.54, 1.807) is 0 Å². The van der Waals surface area contributed by atoms with Crippen LogP contribution in [0.2, 0.25) is 0 Å². The Bertz CT molecular complexity index is 2140. The second kappa shape index (κ2) is 6.23. The van der Waals surface area contributed by atoms with Gasteiger partial charge in [-0.2, -0.15) is 0 Å². The van der Waals surface area contributed by atoms with Gasteiger partial charge in [0.15, 0.2) is 11.3 Å². The van der Waals surface area contributed by atoms with Crippen molar-refractivity contribution in [3.8, 4) is 11.5 Å². The normalized spacial score (nSPS) is 17.7. The minimum atomic E-state index is -0.872. The molecule has 0 radical (unpaired) electrons. The summed E-state index contributed by atoms with van der Waals surface area (Å²) in [4.78, 5) is 9.20. The van der Waals surface area contributed by atoms with Gasteiger partial charge < -0.3 is 13.8 Å². The van der Waals surface area contributed by atoms with Gasteiger partial charge in [-0.3, -0.25) is 4.99 Å². The lowest BCUT2D eigenvalue weighted by Crippen LogP contribution is -2.31. The zero-order valence-electron chi connectivity index (χ0n) is 19.1. The van der Waals surface area contributed by atoms with Crippen molar-refractivity contribution in [3.63, 3.8) is 0 Å². The number of furan rings is 2. The van der Waals surface area contributed by atoms with Crippen LogP contribution in [0.25, 0.3) is 49.9 Å². The first-order valence-electron chi connectivity index (χ1n) is 12.2. The third-order valence-electron chi connectivity index (χ3n) is 7.75. The second-order valence-corrected chi connectivity index (χ2v) is 9.59. The van der Waals surface area contributed by atoms with Crippen LogP contribution in [0.3, 0.4) is 0 Å². The maximum atomic E-state index is 6.66. The number of aromatic amines is 1. The van der Waals surface area contributed by atoms with Crippen molar-refractivity contribution in [3.05, 3.63) is 131 Å². The summed E-state index contributed by atoms with van der Waals surface area (Å²) in [7, 11) is 0. The molecule has 0 saturated carbocycles. The number of H-pyrrole nitrogens is 1. The van der Waals surface area contributed by atoms with E-state index in [0.717, 1.165) is 77.3 Å². The lowest BCUT2D eigenvalue weighted by atomic mass is 9.72. The van der Waals surface area contributed by atoms with Gasteiger partial charge >= 0.3 is 0 Å². The average Bonchev–Trinajstić information content (AvgIpc) is 3.68. The third-order valence-corrected chi connectivity index (χ3v) is 7.75. The molecule has 1 aliphatic carbocycles. The van der Waals surface area contributed by atoms with Crippen molar-refractivity contribution in [2.75, 3.05) is 0 Å². The number of aromatic nitrogens is 1. The van der Waals surface area contributed by atoms with Crippen LogP contribution in [-0.2, 0) is 5.54 Å². The van der Waals surface area contributed by atoms with E-state index < -0.39 is 5.54 Å². The highest BCUT2D eigenvalue weighted by atomic mass is 16.3. The fraction of sp³-hybridized carbons (Fsp3) is 0.0312. The second-order valence-electron chi connectivity index (χ2n) is 9.59. The minimum absolute atomic E-state index is 0.804. The molecule has 1 unspecified atom stereocenters. The molecule has 7 aromatic rings. The highest BCUT2D eigenvalue weighted by Gasteiger charge is 2.53. The Hall–Kier alpha value is -4.83. The molecular weight excluding hydrogens is 444 g/mol. The Morgan fingerprint density at radius 1 is 0.694 bits per heavy atom. The topological polar surface area (TPSA) is 54.4 Å². The van der Waals surface area contributed by atoms with E-state index in [9.17, 15) is 0 Å². The van der Waals surface area contributed by atoms with Gasteiger partial charge in [-0.05, 0) is 30.3 Å². The van der Waals surface area contributed by atoms with Crippen LogP contribution >= 0.6 is 0 Å². The first-order valence-corrected chi connectivity index (χ1v) is 12.2. The van der Waals surface area contributed by atoms with Gasteiger partial charge in [0.1, 0.15) is 16.9 Å². The quantitative estimate of drug-likeness (QED) is 0.306. The monoisotopic (exact) mass is 462 g/mol. The number of hydrogen-bond donors (Lipinski definition) is 1. The molecule has 0 fully saturated rings. The molecule has 1 N–H and O–H groups in total. The Morgan fingerprint density at radius 2 is 1.44 bits per heavy atom. The van der Waals surface area contributed by atoms with E-state index in [1.807, 2.05) is 30.3 Å². The molecule has 4 aromatic carbocycles. The van der Waals surface area contributed by atoms with Gasteiger partial charge in [-0.15, -0.1) is 0 Å². The molecule has 0 saturated heterocycles. The van der Waals surface area contributed by atoms with Crippen LogP contribution in [0.4, 0.5) is 0 Å². The number of nitrogens with one attached hydrogen (secondary N) is 1. The highest BCUT2D eigenvalue weighted by molar-refractivity contribution is 6.09. The molecule has 36 heavy (non-hydrogen) atoms. The maximum Gasteiger partial charge on any atom is 0.174 e. The molecule has 4 nitrogen and oxygen atoms in total. The molecule has 1 atom stereocenters. The number of hydrogen-bond acceptors (Lipinski definition) is 3. The van der Waals surface area contributed by atoms with Crippen molar-refractivity contribution < 1.29 is 8.83 Å². The number of nitrogens with zero attached hydrogens (tertiary/aromatic N) is 1. The first-order chi connectivity index (χ1) is 17.8. The highest BCUT2D eigenvalue weighted by Crippen LogP contribution is 2.58. The summed E-state index contributed by atoms with van der Waals surface area (Å²) >= 11 is 0. The molecule has 1 aliphatic heterocycles. The van der Waals surface area contributed by atoms with Gasteiger partial charge in [0, 0.05) is 43.6 Å². The van der Waals surface area contributed by atoms with Crippen molar-refractivity contribution in [1.82, 2.24) is 4.98 Å². The fourth-order valence-electron chi connectivity index (χ4n) is 6.32. The van der Waals surface area contributed by atoms with Crippen LogP contribution in [0.1, 0.15) is 16.9 Å². The predicted octanol–water partition coefficient (Wildman–Crippen LogP) is 6.42. The average molecular weight is 463 g/mol. The summed E-state index contributed by atoms with van der Waals surface area (Å²) in [6.07, 6.45) is 0. The number of para-hydroxylation sites is 4. The summed E-state index contributed by atoms with van der Waals surface area (Å²) in [5, 5.41) is 5.35. The van der Waals surface area contributed by atoms with Gasteiger partial charge in [-0.1, -0.05) is 72.8 Å². The number of benzene rings is 4. The molecule has 0 bridgehead atoms. The van der Waals surface area contributed by atoms with Crippen molar-refractivity contribution in [2.45, 2.75) is 5.54 Å². The molecule has 168 valence electrons. The first kappa shape index (κ1) is 18.5. The van der Waals surface area contributed by atoms with E-state index >= 15 is 0 Å².